The van der Waals surface area contributed by atoms with E-state index in [9.17, 15) is 0 Å². The second-order valence-electron chi connectivity index (χ2n) is 1.79. The van der Waals surface area contributed by atoms with Crippen LogP contribution in [0.25, 0.3) is 0 Å². The van der Waals surface area contributed by atoms with Gasteiger partial charge in [0.1, 0.15) is 0 Å². The standard InChI is InChI=1S/C6H11NS/c1-2-3-4-6(8)5-7/h6,8H,2-4H2,1H3. The monoisotopic (exact) mass is 129 g/mol. The zero-order valence-electron chi connectivity index (χ0n) is 5.09. The summed E-state index contributed by atoms with van der Waals surface area (Å²) in [5.74, 6) is 0. The summed E-state index contributed by atoms with van der Waals surface area (Å²) in [4.78, 5) is 0. The molecule has 8 heavy (non-hydrogen) atoms. The molecule has 0 spiro atoms. The van der Waals surface area contributed by atoms with E-state index in [1.165, 1.54) is 0 Å². The molecule has 0 aromatic rings. The largest absolute Gasteiger partial charge is 0.197 e. The van der Waals surface area contributed by atoms with Gasteiger partial charge in [-0.2, -0.15) is 17.9 Å². The minimum Gasteiger partial charge on any atom is -0.197 e. The second-order valence-corrected chi connectivity index (χ2v) is 2.41. The first-order valence-corrected chi connectivity index (χ1v) is 3.40. The van der Waals surface area contributed by atoms with E-state index in [0.717, 1.165) is 19.3 Å². The average molecular weight is 129 g/mol. The van der Waals surface area contributed by atoms with Crippen molar-refractivity contribution in [3.63, 3.8) is 0 Å². The Kier molecular flexibility index (Phi) is 4.89. The maximum Gasteiger partial charge on any atom is 0.0887 e. The summed E-state index contributed by atoms with van der Waals surface area (Å²) in [5.41, 5.74) is 0. The third kappa shape index (κ3) is 4.01. The van der Waals surface area contributed by atoms with Crippen LogP contribution in [-0.2, 0) is 0 Å². The third-order valence-electron chi connectivity index (χ3n) is 0.980. The Hall–Kier alpha value is -0.160. The van der Waals surface area contributed by atoms with Crippen LogP contribution in [0.4, 0.5) is 0 Å². The molecule has 0 aliphatic rings. The van der Waals surface area contributed by atoms with Crippen molar-refractivity contribution in [1.82, 2.24) is 0 Å². The van der Waals surface area contributed by atoms with E-state index in [1.54, 1.807) is 0 Å². The van der Waals surface area contributed by atoms with Gasteiger partial charge in [-0.25, -0.2) is 0 Å². The predicted molar refractivity (Wildman–Crippen MR) is 37.9 cm³/mol. The third-order valence-corrected chi connectivity index (χ3v) is 1.35. The van der Waals surface area contributed by atoms with E-state index >= 15 is 0 Å². The fourth-order valence-electron chi connectivity index (χ4n) is 0.462. The van der Waals surface area contributed by atoms with Crippen LogP contribution in [0.15, 0.2) is 0 Å². The molecule has 0 rings (SSSR count). The molecule has 0 aromatic carbocycles. The van der Waals surface area contributed by atoms with Gasteiger partial charge < -0.3 is 0 Å². The summed E-state index contributed by atoms with van der Waals surface area (Å²) in [6, 6.07) is 2.06. The molecule has 0 radical (unpaired) electrons. The van der Waals surface area contributed by atoms with Crippen LogP contribution < -0.4 is 0 Å². The van der Waals surface area contributed by atoms with Crippen molar-refractivity contribution in [3.05, 3.63) is 0 Å². The minimum absolute atomic E-state index is 0.0463. The molecule has 0 saturated heterocycles. The average Bonchev–Trinajstić information content (AvgIpc) is 1.83. The maximum atomic E-state index is 8.24. The van der Waals surface area contributed by atoms with Gasteiger partial charge in [-0.1, -0.05) is 19.8 Å². The molecule has 0 amide bonds. The topological polar surface area (TPSA) is 23.8 Å². The number of unbranched alkanes of at least 4 members (excludes halogenated alkanes) is 1. The minimum atomic E-state index is -0.0463. The van der Waals surface area contributed by atoms with Gasteiger partial charge in [0.2, 0.25) is 0 Å². The van der Waals surface area contributed by atoms with Crippen molar-refractivity contribution in [1.29, 1.82) is 5.26 Å². The van der Waals surface area contributed by atoms with Gasteiger partial charge in [-0.05, 0) is 6.42 Å². The first-order valence-electron chi connectivity index (χ1n) is 2.89. The van der Waals surface area contributed by atoms with E-state index in [2.05, 4.69) is 25.6 Å². The quantitative estimate of drug-likeness (QED) is 0.579. The first-order chi connectivity index (χ1) is 3.81. The molecule has 0 aliphatic heterocycles. The molecule has 0 aromatic heterocycles. The molecule has 2 heteroatoms. The van der Waals surface area contributed by atoms with Crippen molar-refractivity contribution in [2.24, 2.45) is 0 Å². The van der Waals surface area contributed by atoms with Crippen molar-refractivity contribution >= 4 is 12.6 Å². The number of hydrogen-bond donors (Lipinski definition) is 1. The highest BCUT2D eigenvalue weighted by Gasteiger charge is 1.96. The normalized spacial score (nSPS) is 12.6. The first kappa shape index (κ1) is 7.84. The maximum absolute atomic E-state index is 8.24. The van der Waals surface area contributed by atoms with E-state index in [-0.39, 0.29) is 5.25 Å². The summed E-state index contributed by atoms with van der Waals surface area (Å²) in [6.07, 6.45) is 3.19. The molecule has 1 atom stereocenters. The smallest absolute Gasteiger partial charge is 0.0887 e. The Bertz CT molecular complexity index is 85.0. The summed E-state index contributed by atoms with van der Waals surface area (Å²) < 4.78 is 0. The molecule has 1 unspecified atom stereocenters. The highest BCUT2D eigenvalue weighted by atomic mass is 32.1. The van der Waals surface area contributed by atoms with Gasteiger partial charge in [0, 0.05) is 0 Å². The highest BCUT2D eigenvalue weighted by Crippen LogP contribution is 2.04. The van der Waals surface area contributed by atoms with Gasteiger partial charge in [-0.15, -0.1) is 0 Å². The molecule has 0 aliphatic carbocycles. The van der Waals surface area contributed by atoms with Gasteiger partial charge >= 0.3 is 0 Å². The Morgan fingerprint density at radius 1 is 1.75 bits per heavy atom. The van der Waals surface area contributed by atoms with Crippen LogP contribution in [0.3, 0.4) is 0 Å². The lowest BCUT2D eigenvalue weighted by atomic mass is 10.2. The number of rotatable bonds is 3. The van der Waals surface area contributed by atoms with E-state index < -0.39 is 0 Å². The van der Waals surface area contributed by atoms with Crippen LogP contribution in [0.5, 0.6) is 0 Å². The Balaban J connectivity index is 3.02. The van der Waals surface area contributed by atoms with Crippen LogP contribution >= 0.6 is 12.6 Å². The number of hydrogen-bond acceptors (Lipinski definition) is 2. The second kappa shape index (κ2) is 4.99. The van der Waals surface area contributed by atoms with Crippen molar-refractivity contribution < 1.29 is 0 Å². The number of nitrogens with zero attached hydrogens (tertiary/aromatic N) is 1. The summed E-state index contributed by atoms with van der Waals surface area (Å²) in [6.45, 7) is 2.11. The Morgan fingerprint density at radius 3 is 2.75 bits per heavy atom. The molecule has 0 N–H and O–H groups in total. The van der Waals surface area contributed by atoms with Crippen LogP contribution in [-0.4, -0.2) is 5.25 Å². The van der Waals surface area contributed by atoms with E-state index in [4.69, 9.17) is 5.26 Å². The highest BCUT2D eigenvalue weighted by molar-refractivity contribution is 7.81. The summed E-state index contributed by atoms with van der Waals surface area (Å²) in [7, 11) is 0. The van der Waals surface area contributed by atoms with E-state index in [0.29, 0.717) is 0 Å². The SMILES string of the molecule is CCCCC(S)C#N. The molecular formula is C6H11NS. The summed E-state index contributed by atoms with van der Waals surface area (Å²) in [5, 5.41) is 8.19. The van der Waals surface area contributed by atoms with Crippen LogP contribution in [0.2, 0.25) is 0 Å². The lowest BCUT2D eigenvalue weighted by Gasteiger charge is -1.95. The van der Waals surface area contributed by atoms with E-state index in [1.807, 2.05) is 0 Å². The van der Waals surface area contributed by atoms with Crippen LogP contribution in [0, 0.1) is 11.3 Å². The van der Waals surface area contributed by atoms with Gasteiger partial charge in [0.05, 0.1) is 11.3 Å². The summed E-state index contributed by atoms with van der Waals surface area (Å²) >= 11 is 4.00. The van der Waals surface area contributed by atoms with Gasteiger partial charge in [-0.3, -0.25) is 0 Å². The molecular weight excluding hydrogens is 118 g/mol. The van der Waals surface area contributed by atoms with Gasteiger partial charge in [0.25, 0.3) is 0 Å². The fraction of sp³-hybridized carbons (Fsp3) is 0.833. The van der Waals surface area contributed by atoms with Crippen molar-refractivity contribution in [2.75, 3.05) is 0 Å². The molecule has 46 valence electrons. The lowest BCUT2D eigenvalue weighted by Crippen LogP contribution is -1.91. The van der Waals surface area contributed by atoms with Crippen molar-refractivity contribution in [3.8, 4) is 6.07 Å². The van der Waals surface area contributed by atoms with Crippen LogP contribution in [0.1, 0.15) is 26.2 Å². The molecule has 0 bridgehead atoms. The number of thiol groups is 1. The fourth-order valence-corrected chi connectivity index (χ4v) is 0.645. The molecule has 0 fully saturated rings. The lowest BCUT2D eigenvalue weighted by molar-refractivity contribution is 0.744. The Labute approximate surface area is 56.1 Å². The Morgan fingerprint density at radius 2 is 2.38 bits per heavy atom. The number of nitriles is 1. The molecule has 1 nitrogen and oxygen atoms in total. The zero-order chi connectivity index (χ0) is 6.41. The molecule has 0 heterocycles. The van der Waals surface area contributed by atoms with Crippen molar-refractivity contribution in [2.45, 2.75) is 31.4 Å². The molecule has 0 saturated carbocycles. The van der Waals surface area contributed by atoms with Gasteiger partial charge in [0.15, 0.2) is 0 Å². The zero-order valence-corrected chi connectivity index (χ0v) is 5.99. The predicted octanol–water partition coefficient (Wildman–Crippen LogP) is 2.00.